The predicted molar refractivity (Wildman–Crippen MR) is 362 cm³/mol. The van der Waals surface area contributed by atoms with E-state index in [1.54, 1.807) is 4.90 Å². The number of rotatable bonds is 31. The first-order chi connectivity index (χ1) is 47.3. The first-order valence-corrected chi connectivity index (χ1v) is 33.1. The molecule has 15 heteroatoms. The van der Waals surface area contributed by atoms with Crippen LogP contribution in [-0.4, -0.2) is 115 Å². The van der Waals surface area contributed by atoms with Crippen molar-refractivity contribution in [2.24, 2.45) is 0 Å². The number of likely N-dealkylation sites (tertiary alicyclic amines) is 1. The van der Waals surface area contributed by atoms with E-state index in [4.69, 9.17) is 56.8 Å². The summed E-state index contributed by atoms with van der Waals surface area (Å²) in [5.74, 6) is 0. The molecule has 498 valence electrons. The van der Waals surface area contributed by atoms with Gasteiger partial charge in [0.1, 0.15) is 61.5 Å². The Labute approximate surface area is 563 Å². The molecule has 1 N–H and O–H groups in total. The standard InChI is InChI=1S/C81H85NO14/c1-59-72(88-51-63-35-17-5-18-36-63)74(89-52-64-37-19-6-20-38-64)75(90-53-65-39-21-7-22-40-65)78(94-59)81(84)71(58-86-49-61-31-13-3-14-32-61)95-79(76(91-54-66-41-23-8-24-42-66)77(81)92-55-67-43-25-9-26-44-67)96-73-69(57-85-48-60-29-11-2-12-30-60)82(80(83)93-56-68-45-27-10-28-46-68)47-70(73)87-50-62-33-15-4-16-34-62/h2-46,59,69-79,84H,47-58H2,1H3/t59-,69-,70-,71-,72-,73-,74+,75-,76-,77-,78+,79-,81-/m1/s1. The summed E-state index contributed by atoms with van der Waals surface area (Å²) in [4.78, 5) is 16.6. The summed E-state index contributed by atoms with van der Waals surface area (Å²) < 4.78 is 85.6. The van der Waals surface area contributed by atoms with Gasteiger partial charge in [-0.3, -0.25) is 4.90 Å². The van der Waals surface area contributed by atoms with Gasteiger partial charge in [-0.2, -0.15) is 0 Å². The van der Waals surface area contributed by atoms with Gasteiger partial charge in [-0.15, -0.1) is 0 Å². The van der Waals surface area contributed by atoms with Crippen LogP contribution in [0.25, 0.3) is 0 Å². The van der Waals surface area contributed by atoms with Crippen molar-refractivity contribution in [1.82, 2.24) is 4.90 Å². The number of hydrogen-bond acceptors (Lipinski definition) is 14. The molecular weight excluding hydrogens is 1210 g/mol. The third kappa shape index (κ3) is 18.1. The van der Waals surface area contributed by atoms with Gasteiger partial charge in [0.15, 0.2) is 11.9 Å². The van der Waals surface area contributed by atoms with Crippen LogP contribution in [0.15, 0.2) is 273 Å². The lowest BCUT2D eigenvalue weighted by Crippen LogP contribution is -2.78. The Balaban J connectivity index is 0.991. The van der Waals surface area contributed by atoms with E-state index in [0.717, 1.165) is 50.1 Å². The summed E-state index contributed by atoms with van der Waals surface area (Å²) in [6.07, 6.45) is -12.6. The molecule has 3 fully saturated rings. The zero-order chi connectivity index (χ0) is 65.6. The second kappa shape index (κ2) is 34.6. The van der Waals surface area contributed by atoms with Crippen molar-refractivity contribution in [2.45, 2.75) is 145 Å². The van der Waals surface area contributed by atoms with Gasteiger partial charge in [0.2, 0.25) is 0 Å². The van der Waals surface area contributed by atoms with Gasteiger partial charge < -0.3 is 61.9 Å². The molecule has 0 unspecified atom stereocenters. The second-order valence-electron chi connectivity index (χ2n) is 24.6. The number of nitrogens with zero attached hydrogens (tertiary/aromatic N) is 1. The zero-order valence-electron chi connectivity index (χ0n) is 54.1. The smallest absolute Gasteiger partial charge is 0.410 e. The van der Waals surface area contributed by atoms with Crippen LogP contribution < -0.4 is 0 Å². The van der Waals surface area contributed by atoms with Gasteiger partial charge in [0.25, 0.3) is 0 Å². The minimum Gasteiger partial charge on any atom is -0.445 e. The Bertz CT molecular complexity index is 3670. The largest absolute Gasteiger partial charge is 0.445 e. The molecule has 9 aromatic carbocycles. The third-order valence-electron chi connectivity index (χ3n) is 17.8. The lowest BCUT2D eigenvalue weighted by atomic mass is 9.74. The Morgan fingerprint density at radius 2 is 0.740 bits per heavy atom. The molecule has 1 amide bonds. The van der Waals surface area contributed by atoms with Crippen LogP contribution in [-0.2, 0) is 116 Å². The highest BCUT2D eigenvalue weighted by Crippen LogP contribution is 2.46. The number of carbonyl (C=O) groups excluding carboxylic acids is 1. The van der Waals surface area contributed by atoms with Gasteiger partial charge in [-0.25, -0.2) is 4.79 Å². The molecule has 9 aromatic rings. The fourth-order valence-corrected chi connectivity index (χ4v) is 12.8. The monoisotopic (exact) mass is 1300 g/mol. The van der Waals surface area contributed by atoms with Crippen molar-refractivity contribution in [3.05, 3.63) is 323 Å². The molecule has 0 aliphatic carbocycles. The van der Waals surface area contributed by atoms with Crippen LogP contribution >= 0.6 is 0 Å². The van der Waals surface area contributed by atoms with Crippen LogP contribution in [0.4, 0.5) is 4.79 Å². The summed E-state index contributed by atoms with van der Waals surface area (Å²) in [5, 5.41) is 15.1. The molecular formula is C81H85NO14. The van der Waals surface area contributed by atoms with E-state index in [1.807, 2.05) is 280 Å². The van der Waals surface area contributed by atoms with Crippen molar-refractivity contribution in [3.8, 4) is 0 Å². The van der Waals surface area contributed by atoms with Gasteiger partial charge in [-0.05, 0) is 57.0 Å². The maximum absolute atomic E-state index is 15.1. The predicted octanol–water partition coefficient (Wildman–Crippen LogP) is 13.6. The maximum atomic E-state index is 15.1. The number of amides is 1. The molecule has 0 saturated carbocycles. The van der Waals surface area contributed by atoms with Gasteiger partial charge >= 0.3 is 6.09 Å². The normalized spacial score (nSPS) is 24.9. The van der Waals surface area contributed by atoms with Gasteiger partial charge in [0.05, 0.1) is 84.8 Å². The number of carbonyl (C=O) groups is 1. The Morgan fingerprint density at radius 1 is 0.396 bits per heavy atom. The average Bonchev–Trinajstić information content (AvgIpc) is 0.746. The number of hydrogen-bond donors (Lipinski definition) is 1. The lowest BCUT2D eigenvalue weighted by Gasteiger charge is -2.58. The summed E-state index contributed by atoms with van der Waals surface area (Å²) in [7, 11) is 0. The molecule has 3 aliphatic rings. The van der Waals surface area contributed by atoms with Gasteiger partial charge in [0, 0.05) is 0 Å². The fourth-order valence-electron chi connectivity index (χ4n) is 12.8. The molecule has 3 heterocycles. The average molecular weight is 1300 g/mol. The highest BCUT2D eigenvalue weighted by atomic mass is 16.7. The van der Waals surface area contributed by atoms with E-state index >= 15 is 5.11 Å². The lowest BCUT2D eigenvalue weighted by molar-refractivity contribution is -0.394. The van der Waals surface area contributed by atoms with E-state index in [0.29, 0.717) is 0 Å². The van der Waals surface area contributed by atoms with Crippen molar-refractivity contribution in [1.29, 1.82) is 0 Å². The summed E-state index contributed by atoms with van der Waals surface area (Å²) in [6.45, 7) is 2.90. The van der Waals surface area contributed by atoms with E-state index in [2.05, 4.69) is 0 Å². The molecule has 96 heavy (non-hydrogen) atoms. The van der Waals surface area contributed by atoms with Crippen LogP contribution in [0, 0.1) is 0 Å². The van der Waals surface area contributed by atoms with E-state index in [9.17, 15) is 4.79 Å². The van der Waals surface area contributed by atoms with Crippen molar-refractivity contribution >= 4 is 6.09 Å². The molecule has 3 saturated heterocycles. The molecule has 13 atom stereocenters. The topological polar surface area (TPSA) is 151 Å². The fraction of sp³-hybridized carbons (Fsp3) is 0.321. The Hall–Kier alpha value is -8.23. The maximum Gasteiger partial charge on any atom is 0.410 e. The van der Waals surface area contributed by atoms with E-state index in [1.165, 1.54) is 0 Å². The van der Waals surface area contributed by atoms with Crippen LogP contribution in [0.3, 0.4) is 0 Å². The number of aliphatic hydroxyl groups is 1. The first kappa shape index (κ1) is 67.7. The van der Waals surface area contributed by atoms with Crippen LogP contribution in [0.2, 0.25) is 0 Å². The minimum absolute atomic E-state index is 0.00105. The van der Waals surface area contributed by atoms with Crippen molar-refractivity contribution in [3.63, 3.8) is 0 Å². The second-order valence-corrected chi connectivity index (χ2v) is 24.6. The Kier molecular flexibility index (Phi) is 24.4. The summed E-state index contributed by atoms with van der Waals surface area (Å²) in [6, 6.07) is 87.6. The van der Waals surface area contributed by atoms with E-state index in [-0.39, 0.29) is 79.2 Å². The quantitative estimate of drug-likeness (QED) is 0.0439. The first-order valence-electron chi connectivity index (χ1n) is 33.1. The minimum atomic E-state index is -2.26. The molecule has 3 aliphatic heterocycles. The van der Waals surface area contributed by atoms with Crippen molar-refractivity contribution in [2.75, 3.05) is 19.8 Å². The number of ether oxygens (including phenoxy) is 12. The zero-order valence-corrected chi connectivity index (χ0v) is 54.1. The van der Waals surface area contributed by atoms with Crippen molar-refractivity contribution < 1.29 is 66.7 Å². The molecule has 15 nitrogen and oxygen atoms in total. The molecule has 0 aromatic heterocycles. The molecule has 0 radical (unpaired) electrons. The third-order valence-corrected chi connectivity index (χ3v) is 17.8. The van der Waals surface area contributed by atoms with Gasteiger partial charge in [-0.1, -0.05) is 273 Å². The molecule has 0 bridgehead atoms. The van der Waals surface area contributed by atoms with Crippen LogP contribution in [0.5, 0.6) is 0 Å². The highest BCUT2D eigenvalue weighted by Gasteiger charge is 2.67. The summed E-state index contributed by atoms with van der Waals surface area (Å²) in [5.41, 5.74) is 5.72. The highest BCUT2D eigenvalue weighted by molar-refractivity contribution is 5.69. The van der Waals surface area contributed by atoms with E-state index < -0.39 is 85.1 Å². The SMILES string of the molecule is C[C@H]1O[C@H]([C@]2(O)[C@H](OCc3ccccc3)[C@@H](OCc3ccccc3)[C@@H](O[C@@H]3[C@@H](COCc4ccccc4)N(C(=O)OCc4ccccc4)C[C@H]3OCc3ccccc3)O[C@@H]2COCc2ccccc2)[C@H](OCc2ccccc2)[C@@H](OCc2ccccc2)[C@@H]1OCc1ccccc1. The number of benzene rings is 9. The Morgan fingerprint density at radius 3 is 1.17 bits per heavy atom. The summed E-state index contributed by atoms with van der Waals surface area (Å²) >= 11 is 0. The molecule has 0 spiro atoms. The molecule has 12 rings (SSSR count). The van der Waals surface area contributed by atoms with Crippen LogP contribution in [0.1, 0.15) is 57.0 Å².